The normalized spacial score (nSPS) is 17.2. The fraction of sp³-hybridized carbons (Fsp3) is 0.433. The van der Waals surface area contributed by atoms with E-state index in [1.807, 2.05) is 13.8 Å². The third-order valence-electron chi connectivity index (χ3n) is 7.35. The zero-order valence-electron chi connectivity index (χ0n) is 23.7. The summed E-state index contributed by atoms with van der Waals surface area (Å²) >= 11 is 18.5. The molecule has 1 saturated heterocycles. The fourth-order valence-electron chi connectivity index (χ4n) is 5.29. The van der Waals surface area contributed by atoms with Crippen LogP contribution in [-0.2, 0) is 29.4 Å². The number of amides is 3. The van der Waals surface area contributed by atoms with E-state index in [0.29, 0.717) is 67.0 Å². The van der Waals surface area contributed by atoms with E-state index in [0.717, 1.165) is 4.90 Å². The Labute approximate surface area is 261 Å². The Bertz CT molecular complexity index is 1630. The highest BCUT2D eigenvalue weighted by atomic mass is 35.5. The third-order valence-corrected chi connectivity index (χ3v) is 8.65. The summed E-state index contributed by atoms with van der Waals surface area (Å²) in [7, 11) is 0. The average molecular weight is 662 g/mol. The number of hydrogen-bond donors (Lipinski definition) is 1. The number of ether oxygens (including phenoxy) is 1. The smallest absolute Gasteiger partial charge is 0.417 e. The zero-order chi connectivity index (χ0) is 31.7. The SMILES string of the molecule is CCCc1cc2c(C(F)(F)F)cc(=O)oc2c(CCC)c1OCCCCN1C(=O)NC(C)(c2ccc(Cl)c(Cl)c2Cl)C1=O. The van der Waals surface area contributed by atoms with E-state index in [2.05, 4.69) is 5.32 Å². The third kappa shape index (κ3) is 6.47. The van der Waals surface area contributed by atoms with Gasteiger partial charge in [-0.3, -0.25) is 9.69 Å². The van der Waals surface area contributed by atoms with Crippen LogP contribution in [0, 0.1) is 0 Å². The average Bonchev–Trinajstić information content (AvgIpc) is 3.15. The second-order valence-electron chi connectivity index (χ2n) is 10.5. The van der Waals surface area contributed by atoms with Crippen molar-refractivity contribution in [1.29, 1.82) is 0 Å². The van der Waals surface area contributed by atoms with E-state index in [4.69, 9.17) is 44.0 Å². The van der Waals surface area contributed by atoms with Gasteiger partial charge in [-0.25, -0.2) is 9.59 Å². The highest BCUT2D eigenvalue weighted by Gasteiger charge is 2.50. The Balaban J connectivity index is 1.52. The van der Waals surface area contributed by atoms with Crippen LogP contribution >= 0.6 is 34.8 Å². The molecule has 13 heteroatoms. The standard InChI is InChI=1S/C30H30Cl3F3N2O5/c1-4-8-16-14-18-20(30(34,35)36)15-22(39)43-26(18)17(9-5-2)25(16)42-13-7-6-12-38-27(40)29(3,37-28(38)41)19-10-11-21(31)24(33)23(19)32/h10-11,14-15H,4-9,12-13H2,1-3H3,(H,37,41). The van der Waals surface area contributed by atoms with Gasteiger partial charge in [0.15, 0.2) is 0 Å². The van der Waals surface area contributed by atoms with Crippen LogP contribution in [0.2, 0.25) is 15.1 Å². The molecule has 0 bridgehead atoms. The van der Waals surface area contributed by atoms with Gasteiger partial charge in [0, 0.05) is 29.1 Å². The summed E-state index contributed by atoms with van der Waals surface area (Å²) in [5, 5.41) is 2.87. The van der Waals surface area contributed by atoms with Crippen LogP contribution < -0.4 is 15.7 Å². The van der Waals surface area contributed by atoms with Gasteiger partial charge in [-0.05, 0) is 50.3 Å². The van der Waals surface area contributed by atoms with Gasteiger partial charge >= 0.3 is 17.8 Å². The molecular formula is C30H30Cl3F3N2O5. The van der Waals surface area contributed by atoms with Crippen LogP contribution in [0.4, 0.5) is 18.0 Å². The van der Waals surface area contributed by atoms with Crippen molar-refractivity contribution in [3.63, 3.8) is 0 Å². The molecule has 2 aromatic carbocycles. The second-order valence-corrected chi connectivity index (χ2v) is 11.7. The summed E-state index contributed by atoms with van der Waals surface area (Å²) in [5.41, 5.74) is -2.38. The molecule has 1 N–H and O–H groups in total. The van der Waals surface area contributed by atoms with Gasteiger partial charge in [-0.2, -0.15) is 13.2 Å². The molecule has 0 aliphatic carbocycles. The lowest BCUT2D eigenvalue weighted by Crippen LogP contribution is -2.41. The minimum absolute atomic E-state index is 0.0694. The molecule has 0 radical (unpaired) electrons. The number of benzene rings is 2. The molecule has 2 heterocycles. The van der Waals surface area contributed by atoms with E-state index >= 15 is 0 Å². The maximum absolute atomic E-state index is 13.8. The molecule has 7 nitrogen and oxygen atoms in total. The molecule has 1 fully saturated rings. The summed E-state index contributed by atoms with van der Waals surface area (Å²) < 4.78 is 52.9. The molecular weight excluding hydrogens is 632 g/mol. The Morgan fingerprint density at radius 1 is 1.00 bits per heavy atom. The zero-order valence-corrected chi connectivity index (χ0v) is 26.0. The van der Waals surface area contributed by atoms with Gasteiger partial charge in [0.25, 0.3) is 5.91 Å². The van der Waals surface area contributed by atoms with Crippen molar-refractivity contribution < 1.29 is 31.9 Å². The minimum atomic E-state index is -4.73. The van der Waals surface area contributed by atoms with Crippen molar-refractivity contribution in [2.24, 2.45) is 0 Å². The van der Waals surface area contributed by atoms with E-state index in [1.165, 1.54) is 25.1 Å². The molecule has 1 atom stereocenters. The molecule has 1 unspecified atom stereocenters. The Morgan fingerprint density at radius 2 is 1.70 bits per heavy atom. The Morgan fingerprint density at radius 3 is 2.35 bits per heavy atom. The Hall–Kier alpha value is -2.95. The van der Waals surface area contributed by atoms with Crippen molar-refractivity contribution >= 4 is 57.7 Å². The summed E-state index contributed by atoms with van der Waals surface area (Å²) in [6, 6.07) is 4.32. The molecule has 4 rings (SSSR count). The quantitative estimate of drug-likeness (QED) is 0.0967. The number of urea groups is 1. The van der Waals surface area contributed by atoms with Crippen molar-refractivity contribution in [3.8, 4) is 5.75 Å². The number of halogens is 6. The fourth-order valence-corrected chi connectivity index (χ4v) is 6.02. The van der Waals surface area contributed by atoms with Gasteiger partial charge in [-0.15, -0.1) is 0 Å². The van der Waals surface area contributed by atoms with Gasteiger partial charge in [0.2, 0.25) is 0 Å². The highest BCUT2D eigenvalue weighted by molar-refractivity contribution is 6.48. The molecule has 1 aliphatic rings. The second kappa shape index (κ2) is 13.0. The van der Waals surface area contributed by atoms with Crippen molar-refractivity contribution in [2.45, 2.75) is 71.0 Å². The van der Waals surface area contributed by atoms with Crippen LogP contribution in [0.15, 0.2) is 33.5 Å². The first-order valence-electron chi connectivity index (χ1n) is 13.8. The van der Waals surface area contributed by atoms with Crippen LogP contribution in [0.1, 0.15) is 68.7 Å². The van der Waals surface area contributed by atoms with Crippen LogP contribution in [0.3, 0.4) is 0 Å². The van der Waals surface area contributed by atoms with E-state index in [1.54, 1.807) is 0 Å². The van der Waals surface area contributed by atoms with E-state index < -0.39 is 34.8 Å². The number of imide groups is 1. The lowest BCUT2D eigenvalue weighted by Gasteiger charge is -2.24. The van der Waals surface area contributed by atoms with Crippen LogP contribution in [0.25, 0.3) is 11.0 Å². The van der Waals surface area contributed by atoms with E-state index in [9.17, 15) is 27.6 Å². The minimum Gasteiger partial charge on any atom is -0.493 e. The lowest BCUT2D eigenvalue weighted by atomic mass is 9.92. The number of rotatable bonds is 11. The molecule has 232 valence electrons. The van der Waals surface area contributed by atoms with Gasteiger partial charge in [-0.1, -0.05) is 67.6 Å². The first kappa shape index (κ1) is 33.0. The monoisotopic (exact) mass is 660 g/mol. The number of nitrogens with one attached hydrogen (secondary N) is 1. The summed E-state index contributed by atoms with van der Waals surface area (Å²) in [5.74, 6) is -0.102. The Kier molecular flexibility index (Phi) is 9.93. The largest absolute Gasteiger partial charge is 0.493 e. The lowest BCUT2D eigenvalue weighted by molar-refractivity contribution is -0.136. The first-order valence-corrected chi connectivity index (χ1v) is 15.0. The van der Waals surface area contributed by atoms with Crippen molar-refractivity contribution in [1.82, 2.24) is 10.2 Å². The van der Waals surface area contributed by atoms with Crippen LogP contribution in [-0.4, -0.2) is 30.0 Å². The number of aryl methyl sites for hydroxylation is 2. The number of carbonyl (C=O) groups excluding carboxylic acids is 2. The number of alkyl halides is 3. The summed E-state index contributed by atoms with van der Waals surface area (Å²) in [6.45, 7) is 5.55. The number of nitrogens with zero attached hydrogens (tertiary/aromatic N) is 1. The molecule has 43 heavy (non-hydrogen) atoms. The van der Waals surface area contributed by atoms with E-state index in [-0.39, 0.29) is 39.2 Å². The molecule has 0 spiro atoms. The first-order chi connectivity index (χ1) is 20.2. The number of fused-ring (bicyclic) bond motifs is 1. The van der Waals surface area contributed by atoms with Gasteiger partial charge in [0.1, 0.15) is 16.9 Å². The van der Waals surface area contributed by atoms with Gasteiger partial charge < -0.3 is 14.5 Å². The van der Waals surface area contributed by atoms with Crippen molar-refractivity contribution in [2.75, 3.05) is 13.2 Å². The number of hydrogen-bond acceptors (Lipinski definition) is 5. The van der Waals surface area contributed by atoms with Crippen molar-refractivity contribution in [3.05, 3.63) is 72.0 Å². The summed E-state index contributed by atoms with van der Waals surface area (Å²) in [4.78, 5) is 39.3. The maximum Gasteiger partial charge on any atom is 0.417 e. The highest BCUT2D eigenvalue weighted by Crippen LogP contribution is 2.41. The molecule has 0 saturated carbocycles. The summed E-state index contributed by atoms with van der Waals surface area (Å²) in [6.07, 6.45) is -1.90. The predicted octanol–water partition coefficient (Wildman–Crippen LogP) is 8.30. The number of unbranched alkanes of at least 4 members (excludes halogenated alkanes) is 1. The maximum atomic E-state index is 13.8. The molecule has 3 amide bonds. The number of carbonyl (C=O) groups is 2. The molecule has 1 aromatic heterocycles. The van der Waals surface area contributed by atoms with Gasteiger partial charge in [0.05, 0.1) is 27.2 Å². The van der Waals surface area contributed by atoms with Crippen LogP contribution in [0.5, 0.6) is 5.75 Å². The topological polar surface area (TPSA) is 88.8 Å². The molecule has 1 aliphatic heterocycles. The molecule has 3 aromatic rings. The predicted molar refractivity (Wildman–Crippen MR) is 159 cm³/mol.